The fourth-order valence-corrected chi connectivity index (χ4v) is 2.26. The van der Waals surface area contributed by atoms with Crippen molar-refractivity contribution in [3.63, 3.8) is 0 Å². The van der Waals surface area contributed by atoms with Gasteiger partial charge in [0.2, 0.25) is 0 Å². The van der Waals surface area contributed by atoms with E-state index in [0.29, 0.717) is 0 Å². The Kier molecular flexibility index (Phi) is 4.11. The molecule has 5 heteroatoms. The molecule has 0 aromatic carbocycles. The van der Waals surface area contributed by atoms with Gasteiger partial charge in [0.15, 0.2) is 0 Å². The van der Waals surface area contributed by atoms with Gasteiger partial charge in [0, 0.05) is 24.6 Å². The van der Waals surface area contributed by atoms with Crippen molar-refractivity contribution in [3.8, 4) is 0 Å². The highest BCUT2D eigenvalue weighted by Crippen LogP contribution is 2.22. The van der Waals surface area contributed by atoms with Crippen LogP contribution in [0.3, 0.4) is 0 Å². The quantitative estimate of drug-likeness (QED) is 0.867. The van der Waals surface area contributed by atoms with Crippen LogP contribution in [0.25, 0.3) is 0 Å². The molecule has 2 aromatic rings. The summed E-state index contributed by atoms with van der Waals surface area (Å²) in [6.07, 6.45) is 8.35. The summed E-state index contributed by atoms with van der Waals surface area (Å²) >= 11 is 2.25. The summed E-state index contributed by atoms with van der Waals surface area (Å²) < 4.78 is 3.05. The molecule has 2 rings (SSSR count). The van der Waals surface area contributed by atoms with E-state index in [2.05, 4.69) is 39.6 Å². The molecular formula is C12H15IN4. The van der Waals surface area contributed by atoms with Gasteiger partial charge >= 0.3 is 0 Å². The van der Waals surface area contributed by atoms with E-state index in [1.165, 1.54) is 0 Å². The highest BCUT2D eigenvalue weighted by atomic mass is 127. The summed E-state index contributed by atoms with van der Waals surface area (Å²) in [6, 6.07) is 4.11. The van der Waals surface area contributed by atoms with Crippen LogP contribution in [0.1, 0.15) is 24.9 Å². The number of rotatable bonds is 4. The van der Waals surface area contributed by atoms with Gasteiger partial charge in [-0.15, -0.1) is 0 Å². The molecular weight excluding hydrogens is 327 g/mol. The smallest absolute Gasteiger partial charge is 0.0920 e. The van der Waals surface area contributed by atoms with Crippen molar-refractivity contribution in [3.05, 3.63) is 46.1 Å². The van der Waals surface area contributed by atoms with Crippen molar-refractivity contribution in [2.45, 2.75) is 25.4 Å². The lowest BCUT2D eigenvalue weighted by Gasteiger charge is -2.23. The Morgan fingerprint density at radius 3 is 2.65 bits per heavy atom. The Morgan fingerprint density at radius 2 is 2.12 bits per heavy atom. The number of nitrogens with two attached hydrogens (primary N) is 1. The van der Waals surface area contributed by atoms with E-state index in [0.717, 1.165) is 15.6 Å². The van der Waals surface area contributed by atoms with Crippen LogP contribution in [0.4, 0.5) is 0 Å². The summed E-state index contributed by atoms with van der Waals surface area (Å²) in [5.74, 6) is 0. The first-order valence-electron chi connectivity index (χ1n) is 5.57. The molecule has 90 valence electrons. The van der Waals surface area contributed by atoms with Crippen molar-refractivity contribution in [1.82, 2.24) is 14.8 Å². The lowest BCUT2D eigenvalue weighted by molar-refractivity contribution is 0.423. The summed E-state index contributed by atoms with van der Waals surface area (Å²) in [7, 11) is 0. The van der Waals surface area contributed by atoms with Crippen LogP contribution >= 0.6 is 22.6 Å². The molecule has 0 saturated heterocycles. The lowest BCUT2D eigenvalue weighted by atomic mass is 9.99. The minimum Gasteiger partial charge on any atom is -0.326 e. The van der Waals surface area contributed by atoms with Gasteiger partial charge in [-0.3, -0.25) is 9.67 Å². The maximum Gasteiger partial charge on any atom is 0.0920 e. The van der Waals surface area contributed by atoms with Crippen molar-refractivity contribution in [1.29, 1.82) is 0 Å². The van der Waals surface area contributed by atoms with Crippen LogP contribution in [-0.2, 0) is 0 Å². The van der Waals surface area contributed by atoms with Crippen LogP contribution in [0.5, 0.6) is 0 Å². The largest absolute Gasteiger partial charge is 0.326 e. The van der Waals surface area contributed by atoms with Crippen molar-refractivity contribution >= 4 is 22.6 Å². The Morgan fingerprint density at radius 1 is 1.41 bits per heavy atom. The summed E-state index contributed by atoms with van der Waals surface area (Å²) in [4.78, 5) is 4.04. The maximum atomic E-state index is 6.21. The van der Waals surface area contributed by atoms with Crippen LogP contribution in [0.15, 0.2) is 36.9 Å². The maximum absolute atomic E-state index is 6.21. The monoisotopic (exact) mass is 342 g/mol. The van der Waals surface area contributed by atoms with Crippen LogP contribution in [0, 0.1) is 3.57 Å². The van der Waals surface area contributed by atoms with E-state index in [1.54, 1.807) is 12.4 Å². The number of nitrogens with zero attached hydrogens (tertiary/aromatic N) is 3. The van der Waals surface area contributed by atoms with Gasteiger partial charge in [0.25, 0.3) is 0 Å². The first-order valence-corrected chi connectivity index (χ1v) is 6.65. The fourth-order valence-electron chi connectivity index (χ4n) is 1.85. The number of aromatic nitrogens is 3. The minimum atomic E-state index is 0.0492. The Hall–Kier alpha value is -0.950. The molecule has 2 N–H and O–H groups in total. The molecule has 0 aliphatic rings. The standard InChI is InChI=1S/C12H15IN4/c1-2-11(14)12(9-3-5-15-6-4-9)17-8-10(13)7-16-17/h3-8,11-12H,2,14H2,1H3. The van der Waals surface area contributed by atoms with Crippen molar-refractivity contribution in [2.24, 2.45) is 5.73 Å². The molecule has 0 saturated carbocycles. The number of pyridine rings is 1. The van der Waals surface area contributed by atoms with Gasteiger partial charge in [-0.05, 0) is 46.7 Å². The minimum absolute atomic E-state index is 0.0492. The Bertz CT molecular complexity index is 468. The second-order valence-electron chi connectivity index (χ2n) is 3.94. The number of halogens is 1. The van der Waals surface area contributed by atoms with E-state index in [-0.39, 0.29) is 12.1 Å². The van der Waals surface area contributed by atoms with Gasteiger partial charge in [-0.2, -0.15) is 5.10 Å². The second-order valence-corrected chi connectivity index (χ2v) is 5.18. The van der Waals surface area contributed by atoms with Crippen LogP contribution < -0.4 is 5.73 Å². The highest BCUT2D eigenvalue weighted by Gasteiger charge is 2.21. The first-order chi connectivity index (χ1) is 8.22. The average Bonchev–Trinajstić information content (AvgIpc) is 2.77. The highest BCUT2D eigenvalue weighted by molar-refractivity contribution is 14.1. The fraction of sp³-hybridized carbons (Fsp3) is 0.333. The zero-order valence-electron chi connectivity index (χ0n) is 9.62. The van der Waals surface area contributed by atoms with Gasteiger partial charge in [0.1, 0.15) is 0 Å². The summed E-state index contributed by atoms with van der Waals surface area (Å²) in [6.45, 7) is 2.09. The zero-order valence-corrected chi connectivity index (χ0v) is 11.8. The average molecular weight is 342 g/mol. The third-order valence-electron chi connectivity index (χ3n) is 2.78. The second kappa shape index (κ2) is 5.59. The molecule has 0 radical (unpaired) electrons. The van der Waals surface area contributed by atoms with Crippen LogP contribution in [0.2, 0.25) is 0 Å². The number of hydrogen-bond acceptors (Lipinski definition) is 3. The van der Waals surface area contributed by atoms with E-state index < -0.39 is 0 Å². The van der Waals surface area contributed by atoms with Crippen molar-refractivity contribution in [2.75, 3.05) is 0 Å². The third-order valence-corrected chi connectivity index (χ3v) is 3.34. The molecule has 0 aliphatic carbocycles. The molecule has 2 aromatic heterocycles. The molecule has 0 aliphatic heterocycles. The topological polar surface area (TPSA) is 56.7 Å². The predicted octanol–water partition coefficient (Wildman–Crippen LogP) is 2.21. The summed E-state index contributed by atoms with van der Waals surface area (Å²) in [5, 5.41) is 4.37. The van der Waals surface area contributed by atoms with Gasteiger partial charge in [-0.1, -0.05) is 6.92 Å². The molecule has 4 nitrogen and oxygen atoms in total. The molecule has 0 spiro atoms. The zero-order chi connectivity index (χ0) is 12.3. The van der Waals surface area contributed by atoms with E-state index in [1.807, 2.05) is 29.2 Å². The van der Waals surface area contributed by atoms with Crippen molar-refractivity contribution < 1.29 is 0 Å². The molecule has 17 heavy (non-hydrogen) atoms. The lowest BCUT2D eigenvalue weighted by Crippen LogP contribution is -2.32. The van der Waals surface area contributed by atoms with Gasteiger partial charge in [0.05, 0.1) is 15.8 Å². The molecule has 2 heterocycles. The van der Waals surface area contributed by atoms with E-state index >= 15 is 0 Å². The molecule has 0 fully saturated rings. The summed E-state index contributed by atoms with van der Waals surface area (Å²) in [5.41, 5.74) is 7.35. The van der Waals surface area contributed by atoms with Crippen LogP contribution in [-0.4, -0.2) is 20.8 Å². The van der Waals surface area contributed by atoms with E-state index in [9.17, 15) is 0 Å². The molecule has 2 unspecified atom stereocenters. The molecule has 0 amide bonds. The molecule has 0 bridgehead atoms. The third kappa shape index (κ3) is 2.84. The predicted molar refractivity (Wildman–Crippen MR) is 75.6 cm³/mol. The molecule has 2 atom stereocenters. The Labute approximate surface area is 114 Å². The van der Waals surface area contributed by atoms with Gasteiger partial charge in [-0.25, -0.2) is 0 Å². The van der Waals surface area contributed by atoms with Gasteiger partial charge < -0.3 is 5.73 Å². The van der Waals surface area contributed by atoms with E-state index in [4.69, 9.17) is 5.73 Å². The Balaban J connectivity index is 2.39. The first kappa shape index (κ1) is 12.5. The number of hydrogen-bond donors (Lipinski definition) is 1. The normalized spacial score (nSPS) is 14.5. The SMILES string of the molecule is CCC(N)C(c1ccncc1)n1cc(I)cn1.